The first kappa shape index (κ1) is 10.8. The van der Waals surface area contributed by atoms with Gasteiger partial charge in [-0.2, -0.15) is 0 Å². The van der Waals surface area contributed by atoms with Crippen LogP contribution in [0, 0.1) is 0 Å². The molecule has 0 unspecified atom stereocenters. The lowest BCUT2D eigenvalue weighted by Gasteiger charge is -2.00. The van der Waals surface area contributed by atoms with Crippen molar-refractivity contribution in [3.63, 3.8) is 0 Å². The Balaban J connectivity index is 1.82. The topological polar surface area (TPSA) is 68.8 Å². The van der Waals surface area contributed by atoms with Crippen molar-refractivity contribution in [2.45, 2.75) is 26.4 Å². The molecule has 0 saturated carbocycles. The van der Waals surface area contributed by atoms with Gasteiger partial charge in [0.1, 0.15) is 17.9 Å². The summed E-state index contributed by atoms with van der Waals surface area (Å²) in [6.07, 6.45) is 4.31. The van der Waals surface area contributed by atoms with E-state index in [0.29, 0.717) is 19.0 Å². The fourth-order valence-electron chi connectivity index (χ4n) is 1.34. The number of nitrogens with one attached hydrogen (secondary N) is 1. The third-order valence-corrected chi connectivity index (χ3v) is 2.31. The van der Waals surface area contributed by atoms with Crippen LogP contribution in [0.15, 0.2) is 16.9 Å². The fourth-order valence-corrected chi connectivity index (χ4v) is 1.34. The Bertz CT molecular complexity index is 448. The Labute approximate surface area is 93.7 Å². The Morgan fingerprint density at radius 2 is 2.31 bits per heavy atom. The summed E-state index contributed by atoms with van der Waals surface area (Å²) in [6, 6.07) is 0. The normalized spacial score (nSPS) is 10.9. The summed E-state index contributed by atoms with van der Waals surface area (Å²) in [5.41, 5.74) is 0. The van der Waals surface area contributed by atoms with Crippen LogP contribution in [0.25, 0.3) is 0 Å². The van der Waals surface area contributed by atoms with Gasteiger partial charge in [0.05, 0.1) is 19.3 Å². The Morgan fingerprint density at radius 1 is 1.44 bits per heavy atom. The maximum atomic E-state index is 5.47. The van der Waals surface area contributed by atoms with Crippen molar-refractivity contribution < 1.29 is 4.42 Å². The van der Waals surface area contributed by atoms with Crippen molar-refractivity contribution in [1.29, 1.82) is 0 Å². The molecule has 0 atom stereocenters. The van der Waals surface area contributed by atoms with E-state index in [0.717, 1.165) is 18.0 Å². The summed E-state index contributed by atoms with van der Waals surface area (Å²) in [5, 5.41) is 11.0. The van der Waals surface area contributed by atoms with Gasteiger partial charge in [-0.1, -0.05) is 6.92 Å². The highest BCUT2D eigenvalue weighted by Crippen LogP contribution is 2.03. The number of rotatable bonds is 5. The first-order valence-electron chi connectivity index (χ1n) is 5.26. The minimum Gasteiger partial charge on any atom is -0.444 e. The number of hydrogen-bond acceptors (Lipinski definition) is 5. The zero-order chi connectivity index (χ0) is 11.4. The van der Waals surface area contributed by atoms with Crippen LogP contribution in [0.1, 0.15) is 24.4 Å². The lowest BCUT2D eigenvalue weighted by atomic mass is 10.4. The molecule has 0 amide bonds. The van der Waals surface area contributed by atoms with Gasteiger partial charge in [0, 0.05) is 13.5 Å². The first-order valence-corrected chi connectivity index (χ1v) is 5.26. The van der Waals surface area contributed by atoms with E-state index in [1.807, 2.05) is 18.5 Å². The van der Waals surface area contributed by atoms with Crippen molar-refractivity contribution >= 4 is 0 Å². The lowest BCUT2D eigenvalue weighted by Crippen LogP contribution is -2.15. The van der Waals surface area contributed by atoms with Gasteiger partial charge >= 0.3 is 0 Å². The molecule has 1 N–H and O–H groups in total. The molecule has 2 rings (SSSR count). The molecule has 2 heterocycles. The summed E-state index contributed by atoms with van der Waals surface area (Å²) in [5.74, 6) is 2.51. The highest BCUT2D eigenvalue weighted by Gasteiger charge is 2.03. The van der Waals surface area contributed by atoms with Crippen molar-refractivity contribution in [3.8, 4) is 0 Å². The van der Waals surface area contributed by atoms with Crippen LogP contribution < -0.4 is 5.32 Å². The van der Waals surface area contributed by atoms with Gasteiger partial charge in [-0.25, -0.2) is 4.98 Å². The number of aromatic nitrogens is 4. The monoisotopic (exact) mass is 221 g/mol. The quantitative estimate of drug-likeness (QED) is 0.803. The van der Waals surface area contributed by atoms with Gasteiger partial charge in [-0.05, 0) is 0 Å². The van der Waals surface area contributed by atoms with E-state index in [1.165, 1.54) is 0 Å². The number of aryl methyl sites for hydroxylation is 2. The number of hydrogen-bond donors (Lipinski definition) is 1. The fraction of sp³-hybridized carbons (Fsp3) is 0.500. The average Bonchev–Trinajstić information content (AvgIpc) is 2.89. The maximum Gasteiger partial charge on any atom is 0.208 e. The predicted molar refractivity (Wildman–Crippen MR) is 57.4 cm³/mol. The summed E-state index contributed by atoms with van der Waals surface area (Å²) in [7, 11) is 1.91. The molecule has 0 saturated heterocycles. The summed E-state index contributed by atoms with van der Waals surface area (Å²) >= 11 is 0. The van der Waals surface area contributed by atoms with Crippen LogP contribution >= 0.6 is 0 Å². The molecule has 0 fully saturated rings. The van der Waals surface area contributed by atoms with Crippen LogP contribution in [0.4, 0.5) is 0 Å². The van der Waals surface area contributed by atoms with E-state index >= 15 is 0 Å². The van der Waals surface area contributed by atoms with Crippen molar-refractivity contribution in [3.05, 3.63) is 30.0 Å². The Morgan fingerprint density at radius 3 is 2.94 bits per heavy atom. The molecule has 2 aromatic heterocycles. The molecule has 0 bridgehead atoms. The summed E-state index contributed by atoms with van der Waals surface area (Å²) < 4.78 is 7.34. The molecular formula is C10H15N5O. The first-order chi connectivity index (χ1) is 7.79. The molecule has 2 aromatic rings. The Kier molecular flexibility index (Phi) is 3.31. The minimum absolute atomic E-state index is 0.604. The van der Waals surface area contributed by atoms with Gasteiger partial charge in [-0.3, -0.25) is 0 Å². The molecule has 6 heteroatoms. The number of oxazole rings is 1. The molecule has 0 radical (unpaired) electrons. The molecule has 0 aromatic carbocycles. The van der Waals surface area contributed by atoms with Gasteiger partial charge in [0.15, 0.2) is 0 Å². The van der Waals surface area contributed by atoms with Crippen molar-refractivity contribution in [2.75, 3.05) is 0 Å². The Hall–Kier alpha value is -1.69. The van der Waals surface area contributed by atoms with Crippen LogP contribution in [-0.2, 0) is 26.6 Å². The van der Waals surface area contributed by atoms with Crippen LogP contribution in [0.5, 0.6) is 0 Å². The van der Waals surface area contributed by atoms with Crippen molar-refractivity contribution in [2.24, 2.45) is 7.05 Å². The smallest absolute Gasteiger partial charge is 0.208 e. The van der Waals surface area contributed by atoms with E-state index in [1.54, 1.807) is 12.5 Å². The lowest BCUT2D eigenvalue weighted by molar-refractivity contribution is 0.436. The van der Waals surface area contributed by atoms with Gasteiger partial charge in [-0.15, -0.1) is 10.2 Å². The highest BCUT2D eigenvalue weighted by atomic mass is 16.4. The largest absolute Gasteiger partial charge is 0.444 e. The third kappa shape index (κ3) is 2.46. The van der Waals surface area contributed by atoms with E-state index in [4.69, 9.17) is 4.42 Å². The van der Waals surface area contributed by atoms with Crippen LogP contribution in [0.2, 0.25) is 0 Å². The van der Waals surface area contributed by atoms with E-state index in [2.05, 4.69) is 20.5 Å². The predicted octanol–water partition coefficient (Wildman–Crippen LogP) is 0.655. The second kappa shape index (κ2) is 4.89. The SMILES string of the molecule is CCc1cnc(CNCc2nncn2C)o1. The standard InChI is InChI=1S/C10H15N5O/c1-3-8-4-12-10(16-8)6-11-5-9-14-13-7-15(9)2/h4,7,11H,3,5-6H2,1-2H3. The molecule has 0 aliphatic carbocycles. The molecule has 6 nitrogen and oxygen atoms in total. The molecule has 0 aliphatic rings. The summed E-state index contributed by atoms with van der Waals surface area (Å²) in [6.45, 7) is 3.30. The van der Waals surface area contributed by atoms with Gasteiger partial charge in [0.25, 0.3) is 0 Å². The summed E-state index contributed by atoms with van der Waals surface area (Å²) in [4.78, 5) is 4.16. The van der Waals surface area contributed by atoms with Gasteiger partial charge in [0.2, 0.25) is 5.89 Å². The maximum absolute atomic E-state index is 5.47. The minimum atomic E-state index is 0.604. The van der Waals surface area contributed by atoms with Crippen LogP contribution in [-0.4, -0.2) is 19.7 Å². The zero-order valence-electron chi connectivity index (χ0n) is 9.47. The highest BCUT2D eigenvalue weighted by molar-refractivity contribution is 4.93. The molecule has 86 valence electrons. The van der Waals surface area contributed by atoms with E-state index < -0.39 is 0 Å². The van der Waals surface area contributed by atoms with E-state index in [-0.39, 0.29) is 0 Å². The molecule has 0 spiro atoms. The molecule has 16 heavy (non-hydrogen) atoms. The second-order valence-corrected chi connectivity index (χ2v) is 3.54. The van der Waals surface area contributed by atoms with Crippen LogP contribution in [0.3, 0.4) is 0 Å². The van der Waals surface area contributed by atoms with Crippen molar-refractivity contribution in [1.82, 2.24) is 25.1 Å². The number of nitrogens with zero attached hydrogens (tertiary/aromatic N) is 4. The average molecular weight is 221 g/mol. The zero-order valence-corrected chi connectivity index (χ0v) is 9.47. The third-order valence-electron chi connectivity index (χ3n) is 2.31. The van der Waals surface area contributed by atoms with E-state index in [9.17, 15) is 0 Å². The van der Waals surface area contributed by atoms with Gasteiger partial charge < -0.3 is 14.3 Å². The molecular weight excluding hydrogens is 206 g/mol. The molecule has 0 aliphatic heterocycles. The second-order valence-electron chi connectivity index (χ2n) is 3.54.